The standard InChI is InChI=1S/C54H66N2O2P2.2K/c1-51(2,3)39-35-45(53(7,8)9)49(57)47(37-39)59(41-25-17-13-18-26-41,42-27-19-14-20-28-42)55-33-34-56-60(43-29-21-15-22-30-43,44-31-23-16-24-32-44)48-38-40(52(4,5)6)36-46(50(48)58)54(10,11)12;;/h13-32,35-38,57-58H,33-34H2,1-12H3;;/q;2*+1/p-2. The van der Waals surface area contributed by atoms with Crippen molar-refractivity contribution in [1.29, 1.82) is 0 Å². The number of hydrogen-bond donors (Lipinski definition) is 0. The molecule has 6 aromatic carbocycles. The van der Waals surface area contributed by atoms with E-state index >= 15 is 10.2 Å². The first kappa shape index (κ1) is 53.3. The van der Waals surface area contributed by atoms with E-state index in [1.54, 1.807) is 0 Å². The molecule has 62 heavy (non-hydrogen) atoms. The van der Waals surface area contributed by atoms with Crippen molar-refractivity contribution >= 4 is 45.9 Å². The maximum Gasteiger partial charge on any atom is 1.00 e. The Hall–Kier alpha value is -1.35. The summed E-state index contributed by atoms with van der Waals surface area (Å²) in [5.74, 6) is 0.106. The number of rotatable bonds is 9. The van der Waals surface area contributed by atoms with Crippen LogP contribution in [0.4, 0.5) is 0 Å². The van der Waals surface area contributed by atoms with Gasteiger partial charge in [0.05, 0.1) is 27.2 Å². The summed E-state index contributed by atoms with van der Waals surface area (Å²) in [5.41, 5.74) is 2.65. The molecule has 0 heterocycles. The second kappa shape index (κ2) is 21.1. The monoisotopic (exact) mass is 912 g/mol. The normalized spacial score (nSPS) is 12.5. The fourth-order valence-corrected chi connectivity index (χ4v) is 15.3. The smallest absolute Gasteiger partial charge is 0.872 e. The molecule has 8 heteroatoms. The maximum absolute atomic E-state index is 15.2. The average molecular weight is 913 g/mol. The number of benzene rings is 6. The predicted octanol–water partition coefficient (Wildman–Crippen LogP) is 4.69. The first-order valence-electron chi connectivity index (χ1n) is 21.2. The summed E-state index contributed by atoms with van der Waals surface area (Å²) in [6.07, 6.45) is 0. The van der Waals surface area contributed by atoms with E-state index in [-0.39, 0.29) is 136 Å². The van der Waals surface area contributed by atoms with Crippen LogP contribution in [0.3, 0.4) is 0 Å². The molecule has 0 aliphatic carbocycles. The molecule has 0 amide bonds. The van der Waals surface area contributed by atoms with Crippen molar-refractivity contribution in [2.45, 2.75) is 105 Å². The Balaban J connectivity index is 0.00000422. The van der Waals surface area contributed by atoms with Crippen LogP contribution in [-0.4, -0.2) is 13.1 Å². The summed E-state index contributed by atoms with van der Waals surface area (Å²) in [6.45, 7) is 26.7. The Kier molecular flexibility index (Phi) is 18.1. The van der Waals surface area contributed by atoms with Crippen LogP contribution < -0.4 is 145 Å². The molecule has 0 spiro atoms. The molecule has 0 atom stereocenters. The van der Waals surface area contributed by atoms with E-state index < -0.39 is 14.1 Å². The van der Waals surface area contributed by atoms with Crippen molar-refractivity contribution in [1.82, 2.24) is 0 Å². The Morgan fingerprint density at radius 2 is 0.613 bits per heavy atom. The molecule has 0 N–H and O–H groups in total. The van der Waals surface area contributed by atoms with E-state index in [9.17, 15) is 0 Å². The van der Waals surface area contributed by atoms with Gasteiger partial charge in [0, 0.05) is 21.2 Å². The largest absolute Gasteiger partial charge is 1.00 e. The Labute approximate surface area is 459 Å². The summed E-state index contributed by atoms with van der Waals surface area (Å²) < 4.78 is 11.7. The van der Waals surface area contributed by atoms with Gasteiger partial charge in [0.25, 0.3) is 0 Å². The summed E-state index contributed by atoms with van der Waals surface area (Å²) in [6, 6.07) is 50.3. The van der Waals surface area contributed by atoms with E-state index in [2.05, 4.69) is 204 Å². The fraction of sp³-hybridized carbons (Fsp3) is 0.333. The molecule has 0 saturated carbocycles. The van der Waals surface area contributed by atoms with Crippen LogP contribution in [0.2, 0.25) is 0 Å². The van der Waals surface area contributed by atoms with Crippen molar-refractivity contribution in [2.75, 3.05) is 13.1 Å². The van der Waals surface area contributed by atoms with Crippen LogP contribution in [0.25, 0.3) is 0 Å². The SMILES string of the molecule is CC(C)(C)c1cc(C(C)(C)C)c([O-])c(P(=NCCN=P(c2ccccc2)(c2ccccc2)c2cc(C(C)(C)C)cc(C(C)(C)C)c2[O-])(c2ccccc2)c2ccccc2)c1.[K+].[K+]. The molecule has 0 aliphatic heterocycles. The van der Waals surface area contributed by atoms with Crippen molar-refractivity contribution < 1.29 is 113 Å². The third-order valence-corrected chi connectivity index (χ3v) is 18.9. The van der Waals surface area contributed by atoms with Gasteiger partial charge in [-0.1, -0.05) is 228 Å². The van der Waals surface area contributed by atoms with Gasteiger partial charge in [-0.25, -0.2) is 0 Å². The Bertz CT molecular complexity index is 2280. The number of hydrogen-bond acceptors (Lipinski definition) is 4. The zero-order valence-electron chi connectivity index (χ0n) is 39.9. The van der Waals surface area contributed by atoms with Gasteiger partial charge in [0.1, 0.15) is 0 Å². The van der Waals surface area contributed by atoms with E-state index in [4.69, 9.17) is 9.49 Å². The topological polar surface area (TPSA) is 70.8 Å². The summed E-state index contributed by atoms with van der Waals surface area (Å²) in [7, 11) is -5.90. The first-order chi connectivity index (χ1) is 28.1. The van der Waals surface area contributed by atoms with Crippen molar-refractivity contribution in [3.63, 3.8) is 0 Å². The van der Waals surface area contributed by atoms with Gasteiger partial charge in [-0.2, -0.15) is 0 Å². The van der Waals surface area contributed by atoms with Gasteiger partial charge in [-0.05, 0) is 66.7 Å². The van der Waals surface area contributed by atoms with Crippen LogP contribution in [0, 0.1) is 0 Å². The molecular formula is C54H64K2N2O2P2. The quantitative estimate of drug-likeness (QED) is 0.120. The molecule has 0 fully saturated rings. The molecule has 314 valence electrons. The predicted molar refractivity (Wildman–Crippen MR) is 259 cm³/mol. The molecule has 0 radical (unpaired) electrons. The molecule has 0 unspecified atom stereocenters. The van der Waals surface area contributed by atoms with Crippen LogP contribution in [-0.2, 0) is 21.7 Å². The maximum atomic E-state index is 15.2. The van der Waals surface area contributed by atoms with Crippen molar-refractivity contribution in [3.05, 3.63) is 168 Å². The minimum Gasteiger partial charge on any atom is -0.872 e. The zero-order valence-corrected chi connectivity index (χ0v) is 47.9. The van der Waals surface area contributed by atoms with Gasteiger partial charge in [0.2, 0.25) is 0 Å². The second-order valence-electron chi connectivity index (χ2n) is 20.1. The van der Waals surface area contributed by atoms with E-state index in [1.807, 2.05) is 24.3 Å². The van der Waals surface area contributed by atoms with E-state index in [0.29, 0.717) is 13.1 Å². The summed E-state index contributed by atoms with van der Waals surface area (Å²) >= 11 is 0. The summed E-state index contributed by atoms with van der Waals surface area (Å²) in [5, 5.41) is 36.0. The third kappa shape index (κ3) is 11.2. The molecule has 0 bridgehead atoms. The number of nitrogens with zero attached hydrogens (tertiary/aromatic N) is 2. The summed E-state index contributed by atoms with van der Waals surface area (Å²) in [4.78, 5) is 0. The van der Waals surface area contributed by atoms with Gasteiger partial charge in [-0.15, -0.1) is 0 Å². The van der Waals surface area contributed by atoms with Crippen LogP contribution in [0.15, 0.2) is 155 Å². The zero-order chi connectivity index (χ0) is 43.7. The molecule has 0 saturated heterocycles. The molecule has 0 aliphatic rings. The molecule has 6 aromatic rings. The second-order valence-corrected chi connectivity index (χ2v) is 26.2. The minimum atomic E-state index is -2.95. The van der Waals surface area contributed by atoms with Gasteiger partial charge < -0.3 is 10.2 Å². The van der Waals surface area contributed by atoms with Gasteiger partial charge in [-0.3, -0.25) is 9.49 Å². The Morgan fingerprint density at radius 1 is 0.371 bits per heavy atom. The van der Waals surface area contributed by atoms with Crippen LogP contribution in [0.1, 0.15) is 105 Å². The van der Waals surface area contributed by atoms with Crippen LogP contribution in [0.5, 0.6) is 11.5 Å². The van der Waals surface area contributed by atoms with Gasteiger partial charge >= 0.3 is 103 Å². The van der Waals surface area contributed by atoms with E-state index in [1.165, 1.54) is 0 Å². The first-order valence-corrected chi connectivity index (χ1v) is 24.7. The van der Waals surface area contributed by atoms with Crippen molar-refractivity contribution in [3.8, 4) is 11.5 Å². The average Bonchev–Trinajstić information content (AvgIpc) is 3.20. The minimum absolute atomic E-state index is 0. The third-order valence-electron chi connectivity index (χ3n) is 11.4. The molecular weight excluding hydrogens is 849 g/mol. The van der Waals surface area contributed by atoms with Crippen molar-refractivity contribution in [2.24, 2.45) is 9.49 Å². The molecule has 6 rings (SSSR count). The van der Waals surface area contributed by atoms with E-state index in [0.717, 1.165) is 54.1 Å². The van der Waals surface area contributed by atoms with Gasteiger partial charge in [0.15, 0.2) is 0 Å². The Morgan fingerprint density at radius 3 is 0.823 bits per heavy atom. The molecule has 0 aromatic heterocycles. The van der Waals surface area contributed by atoms with Crippen LogP contribution >= 0.6 is 14.1 Å². The fourth-order valence-electron chi connectivity index (χ4n) is 7.99. The molecule has 4 nitrogen and oxygen atoms in total.